The molecule has 1 fully saturated rings. The van der Waals surface area contributed by atoms with Gasteiger partial charge in [-0.3, -0.25) is 4.79 Å². The molecule has 1 atom stereocenters. The highest BCUT2D eigenvalue weighted by molar-refractivity contribution is 5.77. The normalized spacial score (nSPS) is 20.3. The Bertz CT molecular complexity index is 325. The lowest BCUT2D eigenvalue weighted by Gasteiger charge is -2.25. The number of carbonyl (C=O) groups is 2. The molecule has 0 radical (unpaired) electrons. The SMILES string of the molecule is CCC(C)(CNC(=O)NC1CCCCCCC1)C(=O)O. The number of urea groups is 1. The van der Waals surface area contributed by atoms with Crippen LogP contribution in [-0.2, 0) is 4.79 Å². The van der Waals surface area contributed by atoms with E-state index in [1.165, 1.54) is 19.3 Å². The van der Waals surface area contributed by atoms with Crippen molar-refractivity contribution in [3.8, 4) is 0 Å². The minimum atomic E-state index is -0.891. The molecule has 2 amide bonds. The zero-order chi connectivity index (χ0) is 15.0. The highest BCUT2D eigenvalue weighted by atomic mass is 16.4. The largest absolute Gasteiger partial charge is 0.481 e. The van der Waals surface area contributed by atoms with Crippen molar-refractivity contribution in [2.24, 2.45) is 5.41 Å². The summed E-state index contributed by atoms with van der Waals surface area (Å²) in [6.07, 6.45) is 8.64. The van der Waals surface area contributed by atoms with Gasteiger partial charge in [-0.05, 0) is 26.2 Å². The Labute approximate surface area is 121 Å². The van der Waals surface area contributed by atoms with E-state index in [9.17, 15) is 9.59 Å². The van der Waals surface area contributed by atoms with E-state index in [0.29, 0.717) is 6.42 Å². The summed E-state index contributed by atoms with van der Waals surface area (Å²) in [4.78, 5) is 23.0. The minimum absolute atomic E-state index is 0.164. The Balaban J connectivity index is 2.36. The highest BCUT2D eigenvalue weighted by Gasteiger charge is 2.31. The minimum Gasteiger partial charge on any atom is -0.481 e. The summed E-state index contributed by atoms with van der Waals surface area (Å²) in [7, 11) is 0. The van der Waals surface area contributed by atoms with Crippen LogP contribution in [-0.4, -0.2) is 29.7 Å². The van der Waals surface area contributed by atoms with Crippen molar-refractivity contribution in [1.82, 2.24) is 10.6 Å². The molecule has 0 spiro atoms. The first-order valence-corrected chi connectivity index (χ1v) is 7.75. The number of hydrogen-bond acceptors (Lipinski definition) is 2. The fourth-order valence-electron chi connectivity index (χ4n) is 2.46. The maximum absolute atomic E-state index is 11.9. The zero-order valence-corrected chi connectivity index (χ0v) is 12.7. The quantitative estimate of drug-likeness (QED) is 0.726. The van der Waals surface area contributed by atoms with Gasteiger partial charge in [0.05, 0.1) is 5.41 Å². The molecular weight excluding hydrogens is 256 g/mol. The van der Waals surface area contributed by atoms with Gasteiger partial charge in [0.25, 0.3) is 0 Å². The van der Waals surface area contributed by atoms with Gasteiger partial charge >= 0.3 is 12.0 Å². The van der Waals surface area contributed by atoms with Gasteiger partial charge in [0, 0.05) is 12.6 Å². The molecule has 0 heterocycles. The van der Waals surface area contributed by atoms with Crippen molar-refractivity contribution in [2.75, 3.05) is 6.54 Å². The third-order valence-electron chi connectivity index (χ3n) is 4.38. The van der Waals surface area contributed by atoms with E-state index < -0.39 is 11.4 Å². The predicted molar refractivity (Wildman–Crippen MR) is 78.7 cm³/mol. The Morgan fingerprint density at radius 2 is 1.70 bits per heavy atom. The van der Waals surface area contributed by atoms with E-state index in [1.807, 2.05) is 6.92 Å². The van der Waals surface area contributed by atoms with Gasteiger partial charge in [0.2, 0.25) is 0 Å². The lowest BCUT2D eigenvalue weighted by atomic mass is 9.88. The van der Waals surface area contributed by atoms with E-state index in [1.54, 1.807) is 6.92 Å². The summed E-state index contributed by atoms with van der Waals surface area (Å²) in [5.41, 5.74) is -0.891. The molecule has 0 aromatic rings. The fraction of sp³-hybridized carbons (Fsp3) is 0.867. The van der Waals surface area contributed by atoms with Gasteiger partial charge < -0.3 is 15.7 Å². The molecule has 0 saturated heterocycles. The Morgan fingerprint density at radius 1 is 1.15 bits per heavy atom. The van der Waals surface area contributed by atoms with Gasteiger partial charge in [-0.1, -0.05) is 39.0 Å². The van der Waals surface area contributed by atoms with E-state index in [0.717, 1.165) is 25.7 Å². The number of rotatable bonds is 5. The molecule has 0 aromatic heterocycles. The molecule has 20 heavy (non-hydrogen) atoms. The summed E-state index contributed by atoms with van der Waals surface area (Å²) >= 11 is 0. The Kier molecular flexibility index (Phi) is 6.82. The highest BCUT2D eigenvalue weighted by Crippen LogP contribution is 2.20. The Hall–Kier alpha value is -1.26. The number of aliphatic carboxylic acids is 1. The molecular formula is C15H28N2O3. The molecule has 1 rings (SSSR count). The van der Waals surface area contributed by atoms with Crippen LogP contribution < -0.4 is 10.6 Å². The van der Waals surface area contributed by atoms with E-state index in [4.69, 9.17) is 5.11 Å². The van der Waals surface area contributed by atoms with E-state index in [2.05, 4.69) is 10.6 Å². The number of nitrogens with one attached hydrogen (secondary N) is 2. The van der Waals surface area contributed by atoms with Gasteiger partial charge in [0.15, 0.2) is 0 Å². The van der Waals surface area contributed by atoms with Crippen LogP contribution in [0, 0.1) is 5.41 Å². The van der Waals surface area contributed by atoms with Crippen LogP contribution in [0.5, 0.6) is 0 Å². The van der Waals surface area contributed by atoms with Crippen LogP contribution in [0.4, 0.5) is 4.79 Å². The smallest absolute Gasteiger partial charge is 0.315 e. The van der Waals surface area contributed by atoms with Crippen molar-refractivity contribution in [2.45, 2.75) is 71.3 Å². The van der Waals surface area contributed by atoms with Crippen molar-refractivity contribution >= 4 is 12.0 Å². The second kappa shape index (κ2) is 8.12. The summed E-state index contributed by atoms with van der Waals surface area (Å²) in [5.74, 6) is -0.869. The molecule has 0 bridgehead atoms. The zero-order valence-electron chi connectivity index (χ0n) is 12.7. The maximum Gasteiger partial charge on any atom is 0.315 e. The third-order valence-corrected chi connectivity index (χ3v) is 4.38. The second-order valence-corrected chi connectivity index (χ2v) is 6.09. The number of hydrogen-bond donors (Lipinski definition) is 3. The molecule has 0 aromatic carbocycles. The number of carbonyl (C=O) groups excluding carboxylic acids is 1. The van der Waals surface area contributed by atoms with Crippen molar-refractivity contribution < 1.29 is 14.7 Å². The molecule has 5 heteroatoms. The van der Waals surface area contributed by atoms with Crippen molar-refractivity contribution in [3.63, 3.8) is 0 Å². The summed E-state index contributed by atoms with van der Waals surface area (Å²) in [6.45, 7) is 3.64. The standard InChI is InChI=1S/C15H28N2O3/c1-3-15(2,13(18)19)11-16-14(20)17-12-9-7-5-4-6-8-10-12/h12H,3-11H2,1-2H3,(H,18,19)(H2,16,17,20). The van der Waals surface area contributed by atoms with Gasteiger partial charge in [-0.15, -0.1) is 0 Å². The molecule has 1 aliphatic rings. The molecule has 1 saturated carbocycles. The molecule has 1 aliphatic carbocycles. The van der Waals surface area contributed by atoms with Gasteiger partial charge in [0.1, 0.15) is 0 Å². The first-order valence-electron chi connectivity index (χ1n) is 7.75. The van der Waals surface area contributed by atoms with Crippen LogP contribution in [0.15, 0.2) is 0 Å². The molecule has 3 N–H and O–H groups in total. The molecule has 5 nitrogen and oxygen atoms in total. The van der Waals surface area contributed by atoms with Crippen LogP contribution >= 0.6 is 0 Å². The number of carboxylic acid groups (broad SMARTS) is 1. The summed E-state index contributed by atoms with van der Waals surface area (Å²) < 4.78 is 0. The summed E-state index contributed by atoms with van der Waals surface area (Å²) in [5, 5.41) is 14.9. The van der Waals surface area contributed by atoms with Crippen molar-refractivity contribution in [3.05, 3.63) is 0 Å². The van der Waals surface area contributed by atoms with Crippen LogP contribution in [0.1, 0.15) is 65.2 Å². The average molecular weight is 284 g/mol. The van der Waals surface area contributed by atoms with Gasteiger partial charge in [-0.25, -0.2) is 4.79 Å². The third kappa shape index (κ3) is 5.39. The number of carboxylic acids is 1. The predicted octanol–water partition coefficient (Wildman–Crippen LogP) is 2.90. The number of amides is 2. The van der Waals surface area contributed by atoms with Crippen LogP contribution in [0.2, 0.25) is 0 Å². The first kappa shape index (κ1) is 16.8. The molecule has 116 valence electrons. The topological polar surface area (TPSA) is 78.4 Å². The molecule has 0 aliphatic heterocycles. The van der Waals surface area contributed by atoms with Gasteiger partial charge in [-0.2, -0.15) is 0 Å². The molecule has 1 unspecified atom stereocenters. The second-order valence-electron chi connectivity index (χ2n) is 6.09. The average Bonchev–Trinajstić information content (AvgIpc) is 2.38. The van der Waals surface area contributed by atoms with Crippen LogP contribution in [0.25, 0.3) is 0 Å². The lowest BCUT2D eigenvalue weighted by Crippen LogP contribution is -2.47. The monoisotopic (exact) mass is 284 g/mol. The van der Waals surface area contributed by atoms with E-state index in [-0.39, 0.29) is 18.6 Å². The van der Waals surface area contributed by atoms with Crippen LogP contribution in [0.3, 0.4) is 0 Å². The first-order chi connectivity index (χ1) is 9.48. The lowest BCUT2D eigenvalue weighted by molar-refractivity contribution is -0.147. The Morgan fingerprint density at radius 3 is 2.20 bits per heavy atom. The fourth-order valence-corrected chi connectivity index (χ4v) is 2.46. The van der Waals surface area contributed by atoms with E-state index >= 15 is 0 Å². The van der Waals surface area contributed by atoms with Crippen molar-refractivity contribution in [1.29, 1.82) is 0 Å². The maximum atomic E-state index is 11.9. The summed E-state index contributed by atoms with van der Waals surface area (Å²) in [6, 6.07) is -0.00971.